The number of amides is 2. The molecule has 0 bridgehead atoms. The Kier molecular flexibility index (Phi) is 5.34. The smallest absolute Gasteiger partial charge is 0.261 e. The lowest BCUT2D eigenvalue weighted by molar-refractivity contribution is 0.0534. The average Bonchev–Trinajstić information content (AvgIpc) is 2.79. The molecule has 0 spiro atoms. The number of hydrogen-bond donors (Lipinski definition) is 2. The molecule has 0 unspecified atom stereocenters. The molecule has 7 nitrogen and oxygen atoms in total. The Morgan fingerprint density at radius 1 is 0.800 bits per heavy atom. The first-order chi connectivity index (χ1) is 14.5. The van der Waals surface area contributed by atoms with Gasteiger partial charge in [-0.15, -0.1) is 0 Å². The monoisotopic (exact) mass is 403 g/mol. The van der Waals surface area contributed by atoms with Gasteiger partial charge in [0.1, 0.15) is 11.3 Å². The van der Waals surface area contributed by atoms with Crippen molar-refractivity contribution in [2.75, 3.05) is 26.2 Å². The van der Waals surface area contributed by atoms with E-state index in [0.29, 0.717) is 37.4 Å². The Bertz CT molecular complexity index is 1130. The van der Waals surface area contributed by atoms with Crippen LogP contribution in [0, 0.1) is 0 Å². The second kappa shape index (κ2) is 8.24. The van der Waals surface area contributed by atoms with Crippen molar-refractivity contribution in [1.82, 2.24) is 14.8 Å². The number of pyridine rings is 1. The lowest BCUT2D eigenvalue weighted by atomic mass is 10.1. The molecule has 3 aromatic rings. The summed E-state index contributed by atoms with van der Waals surface area (Å²) in [6.07, 6.45) is 0. The van der Waals surface area contributed by atoms with Crippen LogP contribution in [0.15, 0.2) is 71.5 Å². The van der Waals surface area contributed by atoms with E-state index in [-0.39, 0.29) is 23.1 Å². The largest absolute Gasteiger partial charge is 0.508 e. The lowest BCUT2D eigenvalue weighted by Crippen LogP contribution is -2.51. The molecule has 7 heteroatoms. The van der Waals surface area contributed by atoms with Crippen molar-refractivity contribution < 1.29 is 14.7 Å². The van der Waals surface area contributed by atoms with Crippen molar-refractivity contribution in [3.05, 3.63) is 88.2 Å². The third kappa shape index (κ3) is 3.96. The summed E-state index contributed by atoms with van der Waals surface area (Å²) in [5, 5.41) is 9.56. The summed E-state index contributed by atoms with van der Waals surface area (Å²) in [5.41, 5.74) is 1.58. The quantitative estimate of drug-likeness (QED) is 0.702. The van der Waals surface area contributed by atoms with Crippen molar-refractivity contribution in [2.24, 2.45) is 0 Å². The van der Waals surface area contributed by atoms with Gasteiger partial charge in [-0.05, 0) is 35.9 Å². The van der Waals surface area contributed by atoms with E-state index in [0.717, 1.165) is 5.56 Å². The van der Waals surface area contributed by atoms with Gasteiger partial charge in [0.05, 0.1) is 0 Å². The molecule has 1 aromatic heterocycles. The van der Waals surface area contributed by atoms with Crippen LogP contribution in [0.5, 0.6) is 5.75 Å². The van der Waals surface area contributed by atoms with Gasteiger partial charge in [0.25, 0.3) is 17.4 Å². The summed E-state index contributed by atoms with van der Waals surface area (Å²) in [5.74, 6) is -0.504. The van der Waals surface area contributed by atoms with Crippen LogP contribution in [-0.4, -0.2) is 57.9 Å². The SMILES string of the molecule is O=C(c1cccc(O)c1)N1CCN(C(=O)c2ccc(-c3ccccc3)[nH]c2=O)CC1. The molecule has 0 atom stereocenters. The van der Waals surface area contributed by atoms with E-state index in [2.05, 4.69) is 4.98 Å². The Morgan fingerprint density at radius 2 is 1.47 bits per heavy atom. The second-order valence-corrected chi connectivity index (χ2v) is 7.12. The van der Waals surface area contributed by atoms with Gasteiger partial charge in [-0.1, -0.05) is 36.4 Å². The van der Waals surface area contributed by atoms with Crippen LogP contribution < -0.4 is 5.56 Å². The summed E-state index contributed by atoms with van der Waals surface area (Å²) >= 11 is 0. The first-order valence-corrected chi connectivity index (χ1v) is 9.69. The standard InChI is InChI=1S/C23H21N3O4/c27-18-8-4-7-17(15-18)22(29)25-11-13-26(14-12-25)23(30)19-9-10-20(24-21(19)28)16-5-2-1-3-6-16/h1-10,15,27H,11-14H2,(H,24,28). The molecule has 2 amide bonds. The number of carbonyl (C=O) groups excluding carboxylic acids is 2. The van der Waals surface area contributed by atoms with Crippen LogP contribution >= 0.6 is 0 Å². The van der Waals surface area contributed by atoms with Crippen molar-refractivity contribution in [2.45, 2.75) is 0 Å². The predicted molar refractivity (Wildman–Crippen MR) is 112 cm³/mol. The van der Waals surface area contributed by atoms with Gasteiger partial charge in [0.15, 0.2) is 0 Å². The maximum Gasteiger partial charge on any atom is 0.261 e. The molecule has 0 saturated carbocycles. The highest BCUT2D eigenvalue weighted by Crippen LogP contribution is 2.17. The maximum atomic E-state index is 12.8. The number of aromatic nitrogens is 1. The molecule has 1 saturated heterocycles. The third-order valence-electron chi connectivity index (χ3n) is 5.17. The number of nitrogens with one attached hydrogen (secondary N) is 1. The van der Waals surface area contributed by atoms with Crippen molar-refractivity contribution in [1.29, 1.82) is 0 Å². The van der Waals surface area contributed by atoms with Gasteiger partial charge in [0.2, 0.25) is 0 Å². The summed E-state index contributed by atoms with van der Waals surface area (Å²) < 4.78 is 0. The van der Waals surface area contributed by atoms with E-state index in [1.54, 1.807) is 34.1 Å². The number of carbonyl (C=O) groups is 2. The van der Waals surface area contributed by atoms with Crippen LogP contribution in [0.2, 0.25) is 0 Å². The number of rotatable bonds is 3. The van der Waals surface area contributed by atoms with E-state index in [1.807, 2.05) is 30.3 Å². The van der Waals surface area contributed by atoms with Gasteiger partial charge in [-0.2, -0.15) is 0 Å². The van der Waals surface area contributed by atoms with E-state index in [4.69, 9.17) is 0 Å². The van der Waals surface area contributed by atoms with Gasteiger partial charge < -0.3 is 19.9 Å². The molecule has 152 valence electrons. The number of nitrogens with zero attached hydrogens (tertiary/aromatic N) is 2. The van der Waals surface area contributed by atoms with Crippen LogP contribution in [0.1, 0.15) is 20.7 Å². The molecule has 1 aliphatic rings. The number of phenolic OH excluding ortho intramolecular Hbond substituents is 1. The number of aromatic hydroxyl groups is 1. The average molecular weight is 403 g/mol. The van der Waals surface area contributed by atoms with Crippen molar-refractivity contribution in [3.63, 3.8) is 0 Å². The van der Waals surface area contributed by atoms with Crippen molar-refractivity contribution in [3.8, 4) is 17.0 Å². The maximum absolute atomic E-state index is 12.8. The fourth-order valence-corrected chi connectivity index (χ4v) is 3.53. The minimum atomic E-state index is -0.431. The summed E-state index contributed by atoms with van der Waals surface area (Å²) in [4.78, 5) is 43.9. The molecule has 2 aromatic carbocycles. The molecule has 30 heavy (non-hydrogen) atoms. The highest BCUT2D eigenvalue weighted by molar-refractivity contribution is 5.96. The van der Waals surface area contributed by atoms with Gasteiger partial charge in [-0.25, -0.2) is 0 Å². The zero-order valence-corrected chi connectivity index (χ0v) is 16.2. The van der Waals surface area contributed by atoms with Gasteiger partial charge in [0, 0.05) is 37.4 Å². The highest BCUT2D eigenvalue weighted by Gasteiger charge is 2.26. The summed E-state index contributed by atoms with van der Waals surface area (Å²) in [7, 11) is 0. The van der Waals surface area contributed by atoms with Gasteiger partial charge >= 0.3 is 0 Å². The first kappa shape index (κ1) is 19.4. The van der Waals surface area contributed by atoms with Crippen LogP contribution in [-0.2, 0) is 0 Å². The Hall–Kier alpha value is -3.87. The molecular weight excluding hydrogens is 382 g/mol. The molecule has 0 aliphatic carbocycles. The van der Waals surface area contributed by atoms with E-state index in [9.17, 15) is 19.5 Å². The lowest BCUT2D eigenvalue weighted by Gasteiger charge is -2.34. The zero-order valence-electron chi connectivity index (χ0n) is 16.2. The van der Waals surface area contributed by atoms with Crippen LogP contribution in [0.3, 0.4) is 0 Å². The second-order valence-electron chi connectivity index (χ2n) is 7.12. The molecule has 4 rings (SSSR count). The van der Waals surface area contributed by atoms with E-state index >= 15 is 0 Å². The minimum absolute atomic E-state index is 0.0350. The number of benzene rings is 2. The first-order valence-electron chi connectivity index (χ1n) is 9.69. The zero-order chi connectivity index (χ0) is 21.1. The summed E-state index contributed by atoms with van der Waals surface area (Å²) in [6, 6.07) is 18.9. The minimum Gasteiger partial charge on any atom is -0.508 e. The third-order valence-corrected chi connectivity index (χ3v) is 5.17. The number of aromatic amines is 1. The van der Waals surface area contributed by atoms with E-state index < -0.39 is 5.56 Å². The predicted octanol–water partition coefficient (Wildman–Crippen LogP) is 2.35. The summed E-state index contributed by atoms with van der Waals surface area (Å²) in [6.45, 7) is 1.40. The normalized spacial score (nSPS) is 13.9. The van der Waals surface area contributed by atoms with E-state index in [1.165, 1.54) is 12.1 Å². The number of phenols is 1. The number of piperazine rings is 1. The molecule has 2 heterocycles. The molecule has 1 fully saturated rings. The molecule has 2 N–H and O–H groups in total. The van der Waals surface area contributed by atoms with Crippen molar-refractivity contribution >= 4 is 11.8 Å². The molecular formula is C23H21N3O4. The van der Waals surface area contributed by atoms with Crippen LogP contribution in [0.4, 0.5) is 0 Å². The Labute approximate surface area is 173 Å². The van der Waals surface area contributed by atoms with Crippen LogP contribution in [0.25, 0.3) is 11.3 Å². The molecule has 1 aliphatic heterocycles. The number of H-pyrrole nitrogens is 1. The topological polar surface area (TPSA) is 93.7 Å². The fraction of sp³-hybridized carbons (Fsp3) is 0.174. The Balaban J connectivity index is 1.43. The molecule has 0 radical (unpaired) electrons. The Morgan fingerprint density at radius 3 is 2.10 bits per heavy atom. The number of hydrogen-bond acceptors (Lipinski definition) is 4. The fourth-order valence-electron chi connectivity index (χ4n) is 3.53. The highest BCUT2D eigenvalue weighted by atomic mass is 16.3. The van der Waals surface area contributed by atoms with Gasteiger partial charge in [-0.3, -0.25) is 14.4 Å².